The third-order valence-electron chi connectivity index (χ3n) is 14.0. The van der Waals surface area contributed by atoms with E-state index < -0.39 is 0 Å². The molecule has 0 amide bonds. The van der Waals surface area contributed by atoms with Crippen LogP contribution in [0.5, 0.6) is 17.2 Å². The first-order chi connectivity index (χ1) is 24.9. The summed E-state index contributed by atoms with van der Waals surface area (Å²) >= 11 is 0. The van der Waals surface area contributed by atoms with Crippen molar-refractivity contribution >= 4 is 16.9 Å². The molecule has 0 spiro atoms. The molecule has 0 N–H and O–H groups in total. The maximum atomic E-state index is 13.2. The number of benzene rings is 2. The minimum atomic E-state index is -0.365. The zero-order valence-electron chi connectivity index (χ0n) is 32.4. The molecule has 3 aromatic rings. The second kappa shape index (κ2) is 15.1. The van der Waals surface area contributed by atoms with E-state index in [0.717, 1.165) is 54.8 Å². The molecule has 4 aliphatic carbocycles. The summed E-state index contributed by atoms with van der Waals surface area (Å²) in [5.41, 5.74) is 2.34. The second-order valence-electron chi connectivity index (χ2n) is 17.8. The highest BCUT2D eigenvalue weighted by Gasteiger charge is 2.56. The normalized spacial score (nSPS) is 30.4. The quantitative estimate of drug-likeness (QED) is 0.146. The average Bonchev–Trinajstić information content (AvgIpc) is 3.12. The average molecular weight is 709 g/mol. The fourth-order valence-corrected chi connectivity index (χ4v) is 11.0. The van der Waals surface area contributed by atoms with E-state index in [4.69, 9.17) is 18.6 Å². The molecule has 1 heterocycles. The van der Waals surface area contributed by atoms with E-state index >= 15 is 0 Å². The lowest BCUT2D eigenvalue weighted by Crippen LogP contribution is -2.52. The van der Waals surface area contributed by atoms with Crippen molar-refractivity contribution in [3.05, 3.63) is 76.2 Å². The number of para-hydroxylation sites is 1. The Bertz CT molecular complexity index is 1820. The van der Waals surface area contributed by atoms with Crippen LogP contribution in [0.15, 0.2) is 69.4 Å². The maximum Gasteiger partial charge on any atom is 0.344 e. The number of carbonyl (C=O) groups is 1. The van der Waals surface area contributed by atoms with Crippen molar-refractivity contribution in [3.8, 4) is 17.2 Å². The monoisotopic (exact) mass is 708 g/mol. The third-order valence-corrected chi connectivity index (χ3v) is 14.0. The Morgan fingerprint density at radius 2 is 1.75 bits per heavy atom. The van der Waals surface area contributed by atoms with E-state index in [9.17, 15) is 9.59 Å². The first-order valence-electron chi connectivity index (χ1n) is 20.3. The summed E-state index contributed by atoms with van der Waals surface area (Å²) in [6.07, 6.45) is 17.5. The van der Waals surface area contributed by atoms with Gasteiger partial charge < -0.3 is 18.6 Å². The van der Waals surface area contributed by atoms with Gasteiger partial charge in [0.05, 0.1) is 5.39 Å². The summed E-state index contributed by atoms with van der Waals surface area (Å²) in [4.78, 5) is 26.2. The molecule has 8 unspecified atom stereocenters. The first kappa shape index (κ1) is 36.8. The van der Waals surface area contributed by atoms with Crippen molar-refractivity contribution in [2.45, 2.75) is 125 Å². The van der Waals surface area contributed by atoms with Crippen molar-refractivity contribution in [2.75, 3.05) is 6.61 Å². The molecule has 0 aliphatic heterocycles. The molecule has 280 valence electrons. The van der Waals surface area contributed by atoms with Gasteiger partial charge in [-0.05, 0) is 129 Å². The SMILES string of the molecule is Cc1oc2cc(OCC(=O)OC3CCC4(C)C(=CCC5C6CCC(C(C)CCCC(C)C)CC6(C)CCC54)C3)ccc2c(=O)c1Oc1ccccc1. The van der Waals surface area contributed by atoms with Gasteiger partial charge in [0.2, 0.25) is 11.2 Å². The van der Waals surface area contributed by atoms with Crippen LogP contribution in [0.2, 0.25) is 0 Å². The second-order valence-corrected chi connectivity index (χ2v) is 17.8. The number of esters is 1. The number of fused-ring (bicyclic) bond motifs is 6. The number of aryl methyl sites for hydroxylation is 1. The van der Waals surface area contributed by atoms with Crippen molar-refractivity contribution in [2.24, 2.45) is 46.3 Å². The summed E-state index contributed by atoms with van der Waals surface area (Å²) in [6.45, 7) is 13.9. The lowest BCUT2D eigenvalue weighted by Gasteiger charge is -2.61. The Morgan fingerprint density at radius 1 is 0.942 bits per heavy atom. The smallest absolute Gasteiger partial charge is 0.344 e. The molecule has 7 rings (SSSR count). The van der Waals surface area contributed by atoms with Gasteiger partial charge in [-0.25, -0.2) is 4.79 Å². The standard InChI is InChI=1S/C46H60O6/c1-29(2)11-10-12-30(3)32-15-20-39-37-18-16-33-25-36(21-24-46(33,6)40(37)22-23-45(39,5)27-32)51-42(47)28-49-35-17-19-38-41(26-35)50-31(4)44(43(38)48)52-34-13-8-7-9-14-34/h7-9,13-14,16-17,19,26,29-30,32,36-37,39-40H,10-12,15,18,20-25,27-28H2,1-6H3. The fraction of sp³-hybridized carbons (Fsp3) is 0.609. The Labute approximate surface area is 310 Å². The van der Waals surface area contributed by atoms with Gasteiger partial charge >= 0.3 is 5.97 Å². The highest BCUT2D eigenvalue weighted by atomic mass is 16.6. The van der Waals surface area contributed by atoms with Gasteiger partial charge in [-0.1, -0.05) is 83.7 Å². The van der Waals surface area contributed by atoms with Gasteiger partial charge in [0, 0.05) is 12.5 Å². The third kappa shape index (κ3) is 7.46. The van der Waals surface area contributed by atoms with Crippen molar-refractivity contribution < 1.29 is 23.4 Å². The summed E-state index contributed by atoms with van der Waals surface area (Å²) < 4.78 is 23.7. The van der Waals surface area contributed by atoms with Crippen LogP contribution >= 0.6 is 0 Å². The Balaban J connectivity index is 0.933. The largest absolute Gasteiger partial charge is 0.482 e. The molecule has 1 aromatic heterocycles. The molecule has 6 heteroatoms. The molecule has 3 saturated carbocycles. The van der Waals surface area contributed by atoms with Crippen LogP contribution < -0.4 is 14.9 Å². The minimum Gasteiger partial charge on any atom is -0.482 e. The van der Waals surface area contributed by atoms with E-state index in [1.165, 1.54) is 63.4 Å². The van der Waals surface area contributed by atoms with E-state index in [2.05, 4.69) is 40.7 Å². The summed E-state index contributed by atoms with van der Waals surface area (Å²) in [6, 6.07) is 14.1. The van der Waals surface area contributed by atoms with E-state index in [1.54, 1.807) is 37.3 Å². The number of hydrogen-bond donors (Lipinski definition) is 0. The molecular weight excluding hydrogens is 649 g/mol. The summed E-state index contributed by atoms with van der Waals surface area (Å²) in [7, 11) is 0. The Kier molecular flexibility index (Phi) is 10.7. The van der Waals surface area contributed by atoms with Crippen LogP contribution in [0.1, 0.15) is 117 Å². The molecule has 2 aromatic carbocycles. The molecule has 0 saturated heterocycles. The maximum absolute atomic E-state index is 13.2. The Morgan fingerprint density at radius 3 is 2.54 bits per heavy atom. The number of hydrogen-bond acceptors (Lipinski definition) is 6. The minimum absolute atomic E-state index is 0.117. The van der Waals surface area contributed by atoms with Crippen LogP contribution in [-0.2, 0) is 9.53 Å². The summed E-state index contributed by atoms with van der Waals surface area (Å²) in [5.74, 6) is 6.09. The predicted molar refractivity (Wildman–Crippen MR) is 207 cm³/mol. The zero-order chi connectivity index (χ0) is 36.6. The lowest BCUT2D eigenvalue weighted by atomic mass is 9.44. The predicted octanol–water partition coefficient (Wildman–Crippen LogP) is 11.6. The van der Waals surface area contributed by atoms with E-state index in [-0.39, 0.29) is 35.3 Å². The van der Waals surface area contributed by atoms with Gasteiger partial charge in [-0.3, -0.25) is 4.79 Å². The van der Waals surface area contributed by atoms with E-state index in [1.807, 2.05) is 18.2 Å². The first-order valence-corrected chi connectivity index (χ1v) is 20.3. The van der Waals surface area contributed by atoms with Crippen molar-refractivity contribution in [1.29, 1.82) is 0 Å². The highest BCUT2D eigenvalue weighted by Crippen LogP contribution is 2.65. The van der Waals surface area contributed by atoms with Crippen LogP contribution in [0.4, 0.5) is 0 Å². The van der Waals surface area contributed by atoms with Crippen LogP contribution in [0, 0.1) is 53.3 Å². The zero-order valence-corrected chi connectivity index (χ0v) is 32.4. The Hall–Kier alpha value is -3.54. The topological polar surface area (TPSA) is 75.0 Å². The molecular formula is C46H60O6. The molecule has 52 heavy (non-hydrogen) atoms. The number of ether oxygens (including phenoxy) is 3. The molecule has 4 aliphatic rings. The molecule has 0 bridgehead atoms. The van der Waals surface area contributed by atoms with Gasteiger partial charge in [0.1, 0.15) is 28.9 Å². The van der Waals surface area contributed by atoms with Crippen LogP contribution in [0.3, 0.4) is 0 Å². The molecule has 3 fully saturated rings. The van der Waals surface area contributed by atoms with Crippen LogP contribution in [-0.4, -0.2) is 18.7 Å². The highest BCUT2D eigenvalue weighted by molar-refractivity contribution is 5.80. The molecule has 0 radical (unpaired) electrons. The fourth-order valence-electron chi connectivity index (χ4n) is 11.0. The number of allylic oxidation sites excluding steroid dienone is 1. The van der Waals surface area contributed by atoms with Gasteiger partial charge in [-0.2, -0.15) is 0 Å². The number of rotatable bonds is 11. The summed E-state index contributed by atoms with van der Waals surface area (Å²) in [5, 5.41) is 0.386. The van der Waals surface area contributed by atoms with E-state index in [0.29, 0.717) is 33.6 Å². The van der Waals surface area contributed by atoms with Gasteiger partial charge in [0.15, 0.2) is 6.61 Å². The van der Waals surface area contributed by atoms with Gasteiger partial charge in [-0.15, -0.1) is 0 Å². The molecule has 8 atom stereocenters. The molecule has 6 nitrogen and oxygen atoms in total. The van der Waals surface area contributed by atoms with Crippen molar-refractivity contribution in [3.63, 3.8) is 0 Å². The van der Waals surface area contributed by atoms with Crippen molar-refractivity contribution in [1.82, 2.24) is 0 Å². The number of carbonyl (C=O) groups excluding carboxylic acids is 1. The van der Waals surface area contributed by atoms with Gasteiger partial charge in [0.25, 0.3) is 0 Å². The lowest BCUT2D eigenvalue weighted by molar-refractivity contribution is -0.154. The van der Waals surface area contributed by atoms with Crippen LogP contribution in [0.25, 0.3) is 11.0 Å².